The predicted octanol–water partition coefficient (Wildman–Crippen LogP) is 0.809. The zero-order valence-corrected chi connectivity index (χ0v) is 13.3. The van der Waals surface area contributed by atoms with Crippen LogP contribution < -0.4 is 10.6 Å². The van der Waals surface area contributed by atoms with Crippen LogP contribution in [-0.4, -0.2) is 48.6 Å². The third-order valence-corrected chi connectivity index (χ3v) is 3.24. The molecule has 1 rings (SSSR count). The lowest BCUT2D eigenvalue weighted by molar-refractivity contribution is -0.145. The van der Waals surface area contributed by atoms with Crippen LogP contribution in [0.1, 0.15) is 29.7 Å². The van der Waals surface area contributed by atoms with Crippen molar-refractivity contribution < 1.29 is 18.7 Å². The predicted molar refractivity (Wildman–Crippen MR) is 80.2 cm³/mol. The number of amides is 1. The Morgan fingerprint density at radius 2 is 2.29 bits per heavy atom. The van der Waals surface area contributed by atoms with Crippen LogP contribution >= 0.6 is 11.8 Å². The number of rotatable bonds is 9. The summed E-state index contributed by atoms with van der Waals surface area (Å²) < 4.78 is 10.1. The molecule has 1 aromatic heterocycles. The molecular weight excluding hydrogens is 294 g/mol. The molecule has 1 unspecified atom stereocenters. The van der Waals surface area contributed by atoms with Crippen molar-refractivity contribution >= 4 is 23.6 Å². The number of carbonyl (C=O) groups is 2. The van der Waals surface area contributed by atoms with E-state index in [-0.39, 0.29) is 12.3 Å². The van der Waals surface area contributed by atoms with E-state index < -0.39 is 17.9 Å². The molecule has 0 bridgehead atoms. The molecule has 21 heavy (non-hydrogen) atoms. The minimum atomic E-state index is -0.672. The molecule has 0 saturated heterocycles. The van der Waals surface area contributed by atoms with Gasteiger partial charge in [0.1, 0.15) is 12.3 Å². The van der Waals surface area contributed by atoms with Crippen molar-refractivity contribution in [1.82, 2.24) is 15.6 Å². The van der Waals surface area contributed by atoms with E-state index >= 15 is 0 Å². The number of nitrogens with one attached hydrogen (secondary N) is 2. The number of hydrogen-bond donors (Lipinski definition) is 2. The lowest BCUT2D eigenvalue weighted by Gasteiger charge is -2.15. The average Bonchev–Trinajstić information content (AvgIpc) is 2.92. The summed E-state index contributed by atoms with van der Waals surface area (Å²) in [6.07, 6.45) is 3.72. The number of nitrogens with zero attached hydrogens (tertiary/aromatic N) is 1. The van der Waals surface area contributed by atoms with Gasteiger partial charge in [0.15, 0.2) is 5.69 Å². The molecule has 0 aromatic carbocycles. The summed E-state index contributed by atoms with van der Waals surface area (Å²) in [5.74, 6) is 0.284. The van der Waals surface area contributed by atoms with Gasteiger partial charge in [0.2, 0.25) is 5.89 Å². The van der Waals surface area contributed by atoms with Crippen molar-refractivity contribution in [2.75, 3.05) is 25.7 Å². The highest BCUT2D eigenvalue weighted by Gasteiger charge is 2.23. The van der Waals surface area contributed by atoms with Gasteiger partial charge in [0.05, 0.1) is 13.2 Å². The lowest BCUT2D eigenvalue weighted by atomic mass is 10.2. The van der Waals surface area contributed by atoms with E-state index in [9.17, 15) is 9.59 Å². The average molecular weight is 315 g/mol. The van der Waals surface area contributed by atoms with Crippen molar-refractivity contribution in [3.8, 4) is 0 Å². The maximum atomic E-state index is 12.1. The molecule has 0 aliphatic heterocycles. The fourth-order valence-corrected chi connectivity index (χ4v) is 2.08. The van der Waals surface area contributed by atoms with Crippen molar-refractivity contribution in [3.05, 3.63) is 17.8 Å². The van der Waals surface area contributed by atoms with E-state index in [2.05, 4.69) is 15.6 Å². The van der Waals surface area contributed by atoms with Crippen molar-refractivity contribution in [2.45, 2.75) is 25.9 Å². The molecule has 0 aliphatic rings. The number of hydrogen-bond acceptors (Lipinski definition) is 7. The molecular formula is C13H21N3O4S. The highest BCUT2D eigenvalue weighted by atomic mass is 32.2. The van der Waals surface area contributed by atoms with Crippen LogP contribution in [0.4, 0.5) is 0 Å². The Labute approximate surface area is 128 Å². The monoisotopic (exact) mass is 315 g/mol. The lowest BCUT2D eigenvalue weighted by Crippen LogP contribution is -2.42. The first-order valence-electron chi connectivity index (χ1n) is 6.67. The highest BCUT2D eigenvalue weighted by molar-refractivity contribution is 7.98. The minimum Gasteiger partial charge on any atom is -0.464 e. The van der Waals surface area contributed by atoms with Crippen LogP contribution in [0, 0.1) is 0 Å². The first-order valence-corrected chi connectivity index (χ1v) is 8.07. The first-order chi connectivity index (χ1) is 10.1. The molecule has 0 aliphatic carbocycles. The van der Waals surface area contributed by atoms with Crippen LogP contribution in [0.25, 0.3) is 0 Å². The molecule has 1 amide bonds. The van der Waals surface area contributed by atoms with E-state index in [0.717, 1.165) is 5.75 Å². The van der Waals surface area contributed by atoms with Crippen molar-refractivity contribution in [2.24, 2.45) is 0 Å². The molecule has 118 valence electrons. The van der Waals surface area contributed by atoms with Gasteiger partial charge in [0.25, 0.3) is 5.91 Å². The summed E-state index contributed by atoms with van der Waals surface area (Å²) >= 11 is 1.60. The summed E-state index contributed by atoms with van der Waals surface area (Å²) in [4.78, 5) is 27.9. The minimum absolute atomic E-state index is 0.152. The maximum Gasteiger partial charge on any atom is 0.328 e. The molecule has 0 saturated carbocycles. The standard InChI is InChI=1S/C13H21N3O4S/c1-4-19-13(18)9(5-6-21-3)16-12(17)10-8-20-11(15-10)7-14-2/h8-9,14H,4-7H2,1-3H3,(H,16,17). The fraction of sp³-hybridized carbons (Fsp3) is 0.615. The summed E-state index contributed by atoms with van der Waals surface area (Å²) in [6.45, 7) is 2.44. The van der Waals surface area contributed by atoms with Gasteiger partial charge in [-0.05, 0) is 32.4 Å². The Morgan fingerprint density at radius 3 is 2.90 bits per heavy atom. The van der Waals surface area contributed by atoms with Crippen LogP contribution in [0.2, 0.25) is 0 Å². The van der Waals surface area contributed by atoms with Crippen LogP contribution in [0.15, 0.2) is 10.7 Å². The molecule has 1 heterocycles. The second-order valence-electron chi connectivity index (χ2n) is 4.22. The van der Waals surface area contributed by atoms with Gasteiger partial charge < -0.3 is 19.8 Å². The Balaban J connectivity index is 2.66. The number of ether oxygens (including phenoxy) is 1. The first kappa shape index (κ1) is 17.5. The van der Waals surface area contributed by atoms with Crippen molar-refractivity contribution in [1.29, 1.82) is 0 Å². The molecule has 2 N–H and O–H groups in total. The fourth-order valence-electron chi connectivity index (χ4n) is 1.61. The molecule has 0 radical (unpaired) electrons. The highest BCUT2D eigenvalue weighted by Crippen LogP contribution is 2.06. The van der Waals surface area contributed by atoms with Crippen LogP contribution in [0.5, 0.6) is 0 Å². The molecule has 0 fully saturated rings. The smallest absolute Gasteiger partial charge is 0.328 e. The summed E-state index contributed by atoms with van der Waals surface area (Å²) in [5, 5.41) is 5.51. The molecule has 0 spiro atoms. The quantitative estimate of drug-likeness (QED) is 0.651. The Bertz CT molecular complexity index is 464. The zero-order valence-electron chi connectivity index (χ0n) is 12.5. The van der Waals surface area contributed by atoms with E-state index in [1.807, 2.05) is 6.26 Å². The van der Waals surface area contributed by atoms with Gasteiger partial charge in [-0.3, -0.25) is 4.79 Å². The Hall–Kier alpha value is -1.54. The molecule has 8 heteroatoms. The summed E-state index contributed by atoms with van der Waals surface area (Å²) in [6, 6.07) is -0.672. The van der Waals surface area contributed by atoms with Gasteiger partial charge in [0, 0.05) is 0 Å². The van der Waals surface area contributed by atoms with Crippen molar-refractivity contribution in [3.63, 3.8) is 0 Å². The number of aromatic nitrogens is 1. The molecule has 1 aromatic rings. The third kappa shape index (κ3) is 5.76. The van der Waals surface area contributed by atoms with Gasteiger partial charge in [-0.2, -0.15) is 11.8 Å². The SMILES string of the molecule is CCOC(=O)C(CCSC)NC(=O)c1coc(CNC)n1. The number of oxazole rings is 1. The zero-order chi connectivity index (χ0) is 15.7. The number of carbonyl (C=O) groups excluding carboxylic acids is 2. The van der Waals surface area contributed by atoms with Gasteiger partial charge in [-0.15, -0.1) is 0 Å². The van der Waals surface area contributed by atoms with Crippen LogP contribution in [-0.2, 0) is 16.1 Å². The second kappa shape index (κ2) is 9.41. The van der Waals surface area contributed by atoms with Crippen LogP contribution in [0.3, 0.4) is 0 Å². The topological polar surface area (TPSA) is 93.5 Å². The molecule has 7 nitrogen and oxygen atoms in total. The maximum absolute atomic E-state index is 12.1. The van der Waals surface area contributed by atoms with Gasteiger partial charge in [-0.1, -0.05) is 0 Å². The second-order valence-corrected chi connectivity index (χ2v) is 5.20. The number of thioether (sulfide) groups is 1. The normalized spacial score (nSPS) is 12.0. The Morgan fingerprint density at radius 1 is 1.52 bits per heavy atom. The third-order valence-electron chi connectivity index (χ3n) is 2.60. The summed E-state index contributed by atoms with van der Waals surface area (Å²) in [5.41, 5.74) is 0.152. The number of esters is 1. The Kier molecular flexibility index (Phi) is 7.84. The largest absolute Gasteiger partial charge is 0.464 e. The van der Waals surface area contributed by atoms with Gasteiger partial charge in [-0.25, -0.2) is 9.78 Å². The van der Waals surface area contributed by atoms with E-state index in [4.69, 9.17) is 9.15 Å². The van der Waals surface area contributed by atoms with E-state index in [1.165, 1.54) is 6.26 Å². The summed E-state index contributed by atoms with van der Waals surface area (Å²) in [7, 11) is 1.75. The van der Waals surface area contributed by atoms with E-state index in [0.29, 0.717) is 18.9 Å². The van der Waals surface area contributed by atoms with E-state index in [1.54, 1.807) is 25.7 Å². The molecule has 1 atom stereocenters. The van der Waals surface area contributed by atoms with Gasteiger partial charge >= 0.3 is 5.97 Å².